The Morgan fingerprint density at radius 3 is 2.53 bits per heavy atom. The number of carbonyl (C=O) groups excluding carboxylic acids is 1. The molecule has 1 aromatic carbocycles. The van der Waals surface area contributed by atoms with E-state index in [0.717, 1.165) is 10.0 Å². The third kappa shape index (κ3) is 7.53. The second kappa shape index (κ2) is 7.20. The maximum Gasteiger partial charge on any atom is 0.407 e. The van der Waals surface area contributed by atoms with Crippen LogP contribution >= 0.6 is 15.9 Å². The molecule has 0 spiro atoms. The van der Waals surface area contributed by atoms with Crippen molar-refractivity contribution in [1.29, 1.82) is 0 Å². The summed E-state index contributed by atoms with van der Waals surface area (Å²) in [6.07, 6.45) is 0.188. The van der Waals surface area contributed by atoms with Gasteiger partial charge in [0.2, 0.25) is 0 Å². The van der Waals surface area contributed by atoms with E-state index < -0.39 is 11.7 Å². The van der Waals surface area contributed by atoms with Gasteiger partial charge in [0.05, 0.1) is 0 Å². The Balaban J connectivity index is 2.28. The first-order chi connectivity index (χ1) is 8.87. The number of amides is 1. The fraction of sp³-hybridized carbons (Fsp3) is 0.400. The SMILES string of the molecule is CC(C)(C)OC(=O)NCCC#Cc1ccc(Br)cc1. The summed E-state index contributed by atoms with van der Waals surface area (Å²) in [5, 5.41) is 2.66. The van der Waals surface area contributed by atoms with Crippen LogP contribution in [0.15, 0.2) is 28.7 Å². The molecule has 1 N–H and O–H groups in total. The number of benzene rings is 1. The molecule has 0 aliphatic heterocycles. The highest BCUT2D eigenvalue weighted by Gasteiger charge is 2.15. The summed E-state index contributed by atoms with van der Waals surface area (Å²) < 4.78 is 6.14. The first kappa shape index (κ1) is 15.6. The van der Waals surface area contributed by atoms with Gasteiger partial charge in [-0.25, -0.2) is 4.79 Å². The first-order valence-electron chi connectivity index (χ1n) is 6.08. The molecule has 0 aromatic heterocycles. The van der Waals surface area contributed by atoms with Crippen molar-refractivity contribution in [2.45, 2.75) is 32.8 Å². The lowest BCUT2D eigenvalue weighted by atomic mass is 10.2. The molecule has 4 heteroatoms. The van der Waals surface area contributed by atoms with Crippen LogP contribution < -0.4 is 5.32 Å². The van der Waals surface area contributed by atoms with Crippen molar-refractivity contribution in [3.05, 3.63) is 34.3 Å². The van der Waals surface area contributed by atoms with E-state index in [1.165, 1.54) is 0 Å². The number of hydrogen-bond acceptors (Lipinski definition) is 2. The number of hydrogen-bond donors (Lipinski definition) is 1. The lowest BCUT2D eigenvalue weighted by molar-refractivity contribution is 0.0529. The predicted octanol–water partition coefficient (Wildman–Crippen LogP) is 3.72. The molecular weight excluding hydrogens is 306 g/mol. The van der Waals surface area contributed by atoms with E-state index in [2.05, 4.69) is 33.1 Å². The summed E-state index contributed by atoms with van der Waals surface area (Å²) >= 11 is 3.37. The van der Waals surface area contributed by atoms with E-state index in [9.17, 15) is 4.79 Å². The molecule has 0 bridgehead atoms. The van der Waals surface area contributed by atoms with E-state index in [1.54, 1.807) is 0 Å². The zero-order chi connectivity index (χ0) is 14.3. The van der Waals surface area contributed by atoms with Crippen molar-refractivity contribution >= 4 is 22.0 Å². The number of carbonyl (C=O) groups is 1. The van der Waals surface area contributed by atoms with Crippen LogP contribution in [0, 0.1) is 11.8 Å². The molecule has 0 aliphatic carbocycles. The van der Waals surface area contributed by atoms with E-state index in [0.29, 0.717) is 13.0 Å². The standard InChI is InChI=1S/C15H18BrNO2/c1-15(2,3)19-14(18)17-11-5-4-6-12-7-9-13(16)10-8-12/h7-10H,5,11H2,1-3H3,(H,17,18). The van der Waals surface area contributed by atoms with Gasteiger partial charge in [0, 0.05) is 23.0 Å². The smallest absolute Gasteiger partial charge is 0.407 e. The Hall–Kier alpha value is -1.47. The zero-order valence-corrected chi connectivity index (χ0v) is 13.0. The van der Waals surface area contributed by atoms with Crippen molar-refractivity contribution in [1.82, 2.24) is 5.32 Å². The van der Waals surface area contributed by atoms with Gasteiger partial charge in [0.25, 0.3) is 0 Å². The highest BCUT2D eigenvalue weighted by Crippen LogP contribution is 2.09. The van der Waals surface area contributed by atoms with Crippen molar-refractivity contribution in [2.75, 3.05) is 6.54 Å². The average molecular weight is 324 g/mol. The minimum absolute atomic E-state index is 0.405. The summed E-state index contributed by atoms with van der Waals surface area (Å²) in [6, 6.07) is 7.78. The molecule has 0 unspecified atom stereocenters. The first-order valence-corrected chi connectivity index (χ1v) is 6.87. The van der Waals surface area contributed by atoms with Gasteiger partial charge in [-0.15, -0.1) is 0 Å². The van der Waals surface area contributed by atoms with Gasteiger partial charge in [-0.1, -0.05) is 27.8 Å². The number of rotatable bonds is 2. The molecule has 0 saturated heterocycles. The van der Waals surface area contributed by atoms with Crippen LogP contribution in [-0.4, -0.2) is 18.2 Å². The monoisotopic (exact) mass is 323 g/mol. The second-order valence-electron chi connectivity index (χ2n) is 4.99. The van der Waals surface area contributed by atoms with Crippen LogP contribution in [0.1, 0.15) is 32.8 Å². The summed E-state index contributed by atoms with van der Waals surface area (Å²) in [5.74, 6) is 6.03. The van der Waals surface area contributed by atoms with Crippen LogP contribution in [-0.2, 0) is 4.74 Å². The van der Waals surface area contributed by atoms with E-state index in [-0.39, 0.29) is 0 Å². The van der Waals surface area contributed by atoms with E-state index in [1.807, 2.05) is 45.0 Å². The van der Waals surface area contributed by atoms with Crippen molar-refractivity contribution in [3.8, 4) is 11.8 Å². The Bertz CT molecular complexity index is 478. The summed E-state index contributed by atoms with van der Waals surface area (Å²) in [6.45, 7) is 5.98. The molecule has 0 fully saturated rings. The molecular formula is C15H18BrNO2. The van der Waals surface area contributed by atoms with Crippen LogP contribution in [0.5, 0.6) is 0 Å². The third-order valence-electron chi connectivity index (χ3n) is 2.00. The minimum Gasteiger partial charge on any atom is -0.444 e. The fourth-order valence-corrected chi connectivity index (χ4v) is 1.50. The molecule has 0 atom stereocenters. The Morgan fingerprint density at radius 2 is 1.95 bits per heavy atom. The minimum atomic E-state index is -0.465. The van der Waals surface area contributed by atoms with E-state index in [4.69, 9.17) is 4.74 Å². The normalized spacial score (nSPS) is 10.3. The van der Waals surface area contributed by atoms with Crippen LogP contribution in [0.3, 0.4) is 0 Å². The lowest BCUT2D eigenvalue weighted by Crippen LogP contribution is -2.32. The number of nitrogens with one attached hydrogen (secondary N) is 1. The van der Waals surface area contributed by atoms with Gasteiger partial charge >= 0.3 is 6.09 Å². The molecule has 1 amide bonds. The number of alkyl carbamates (subject to hydrolysis) is 1. The molecule has 0 saturated carbocycles. The molecule has 3 nitrogen and oxygen atoms in total. The zero-order valence-electron chi connectivity index (χ0n) is 11.4. The van der Waals surface area contributed by atoms with Gasteiger partial charge in [-0.3, -0.25) is 0 Å². The van der Waals surface area contributed by atoms with Gasteiger partial charge in [0.1, 0.15) is 5.60 Å². The van der Waals surface area contributed by atoms with Crippen LogP contribution in [0.2, 0.25) is 0 Å². The second-order valence-corrected chi connectivity index (χ2v) is 5.90. The Labute approximate surface area is 122 Å². The molecule has 0 aliphatic rings. The highest BCUT2D eigenvalue weighted by molar-refractivity contribution is 9.10. The number of halogens is 1. The van der Waals surface area contributed by atoms with Gasteiger partial charge < -0.3 is 10.1 Å². The van der Waals surface area contributed by atoms with Gasteiger partial charge in [-0.05, 0) is 45.0 Å². The van der Waals surface area contributed by atoms with Crippen molar-refractivity contribution in [3.63, 3.8) is 0 Å². The van der Waals surface area contributed by atoms with Crippen LogP contribution in [0.25, 0.3) is 0 Å². The summed E-state index contributed by atoms with van der Waals surface area (Å²) in [7, 11) is 0. The highest BCUT2D eigenvalue weighted by atomic mass is 79.9. The van der Waals surface area contributed by atoms with E-state index >= 15 is 0 Å². The number of ether oxygens (including phenoxy) is 1. The Kier molecular flexibility index (Phi) is 5.91. The fourth-order valence-electron chi connectivity index (χ4n) is 1.24. The maximum absolute atomic E-state index is 11.3. The molecule has 0 radical (unpaired) electrons. The summed E-state index contributed by atoms with van der Waals surface area (Å²) in [5.41, 5.74) is 0.494. The van der Waals surface area contributed by atoms with Crippen molar-refractivity contribution in [2.24, 2.45) is 0 Å². The van der Waals surface area contributed by atoms with Crippen LogP contribution in [0.4, 0.5) is 4.79 Å². The van der Waals surface area contributed by atoms with Gasteiger partial charge in [-0.2, -0.15) is 0 Å². The quantitative estimate of drug-likeness (QED) is 0.665. The lowest BCUT2D eigenvalue weighted by Gasteiger charge is -2.19. The Morgan fingerprint density at radius 1 is 1.32 bits per heavy atom. The average Bonchev–Trinajstić information content (AvgIpc) is 2.29. The summed E-state index contributed by atoms with van der Waals surface area (Å²) in [4.78, 5) is 11.3. The topological polar surface area (TPSA) is 38.3 Å². The molecule has 1 rings (SSSR count). The molecule has 1 aromatic rings. The van der Waals surface area contributed by atoms with Gasteiger partial charge in [0.15, 0.2) is 0 Å². The third-order valence-corrected chi connectivity index (χ3v) is 2.52. The molecule has 102 valence electrons. The molecule has 0 heterocycles. The predicted molar refractivity (Wildman–Crippen MR) is 79.9 cm³/mol. The largest absolute Gasteiger partial charge is 0.444 e. The molecule has 19 heavy (non-hydrogen) atoms. The maximum atomic E-state index is 11.3. The van der Waals surface area contributed by atoms with Crippen molar-refractivity contribution < 1.29 is 9.53 Å².